The molecule has 98 valence electrons. The molecule has 0 spiro atoms. The lowest BCUT2D eigenvalue weighted by molar-refractivity contribution is 0.450. The monoisotopic (exact) mass is 284 g/mol. The minimum absolute atomic E-state index is 0.134. The fourth-order valence-electron chi connectivity index (χ4n) is 1.85. The van der Waals surface area contributed by atoms with Crippen LogP contribution in [0.4, 0.5) is 0 Å². The van der Waals surface area contributed by atoms with E-state index in [-0.39, 0.29) is 5.76 Å². The quantitative estimate of drug-likeness (QED) is 0.675. The third-order valence-electron chi connectivity index (χ3n) is 2.81. The van der Waals surface area contributed by atoms with E-state index in [0.29, 0.717) is 23.1 Å². The highest BCUT2D eigenvalue weighted by molar-refractivity contribution is 6.17. The highest BCUT2D eigenvalue weighted by Gasteiger charge is 2.16. The van der Waals surface area contributed by atoms with Gasteiger partial charge in [0.05, 0.1) is 5.39 Å². The molecule has 3 aromatic rings. The summed E-state index contributed by atoms with van der Waals surface area (Å²) >= 11 is 5.71. The summed E-state index contributed by atoms with van der Waals surface area (Å²) in [5.41, 5.74) is 1.51. The van der Waals surface area contributed by atoms with Crippen LogP contribution in [-0.4, -0.2) is 4.98 Å². The first-order valence-corrected chi connectivity index (χ1v) is 6.45. The molecule has 0 bridgehead atoms. The predicted molar refractivity (Wildman–Crippen MR) is 74.8 cm³/mol. The van der Waals surface area contributed by atoms with Crippen LogP contribution in [0.25, 0.3) is 11.0 Å². The lowest BCUT2D eigenvalue weighted by Crippen LogP contribution is -1.89. The summed E-state index contributed by atoms with van der Waals surface area (Å²) in [5.74, 6) is 1.30. The van der Waals surface area contributed by atoms with Gasteiger partial charge in [-0.25, -0.2) is 4.98 Å². The van der Waals surface area contributed by atoms with Crippen LogP contribution >= 0.6 is 11.6 Å². The molecule has 0 radical (unpaired) electrons. The topological polar surface area (TPSA) is 59.0 Å². The van der Waals surface area contributed by atoms with Crippen molar-refractivity contribution in [2.24, 2.45) is 0 Å². The van der Waals surface area contributed by atoms with Gasteiger partial charge in [-0.1, -0.05) is 18.2 Å². The molecule has 20 heavy (non-hydrogen) atoms. The van der Waals surface area contributed by atoms with Crippen LogP contribution in [-0.2, 0) is 5.88 Å². The Balaban J connectivity index is 2.03. The van der Waals surface area contributed by atoms with Gasteiger partial charge in [0.15, 0.2) is 5.75 Å². The molecule has 0 saturated heterocycles. The number of benzene rings is 1. The van der Waals surface area contributed by atoms with Crippen molar-refractivity contribution in [2.45, 2.75) is 5.88 Å². The molecule has 0 unspecified atom stereocenters. The highest BCUT2D eigenvalue weighted by Crippen LogP contribution is 2.35. The summed E-state index contributed by atoms with van der Waals surface area (Å²) in [5, 5.41) is 9.86. The van der Waals surface area contributed by atoms with E-state index in [1.165, 1.54) is 0 Å². The van der Waals surface area contributed by atoms with Crippen LogP contribution in [0, 0.1) is 11.3 Å². The number of hydrogen-bond donors (Lipinski definition) is 0. The van der Waals surface area contributed by atoms with Crippen molar-refractivity contribution in [1.82, 2.24) is 4.98 Å². The Hall–Kier alpha value is -2.51. The van der Waals surface area contributed by atoms with Gasteiger partial charge in [0.25, 0.3) is 0 Å². The van der Waals surface area contributed by atoms with Gasteiger partial charge < -0.3 is 9.15 Å². The van der Waals surface area contributed by atoms with Gasteiger partial charge in [0.1, 0.15) is 11.7 Å². The molecule has 0 N–H and O–H groups in total. The van der Waals surface area contributed by atoms with Crippen molar-refractivity contribution in [1.29, 1.82) is 5.26 Å². The SMILES string of the molecule is N#Cc1oc2ccccc2c1Oc1ccc(CCl)cn1. The second-order valence-electron chi connectivity index (χ2n) is 4.11. The standard InChI is InChI=1S/C15H9ClN2O2/c16-7-10-5-6-14(18-9-10)20-15-11-3-1-2-4-12(11)19-13(15)8-17/h1-6,9H,7H2. The smallest absolute Gasteiger partial charge is 0.247 e. The molecule has 0 aliphatic rings. The van der Waals surface area contributed by atoms with E-state index >= 15 is 0 Å². The third kappa shape index (κ3) is 2.20. The maximum atomic E-state index is 9.12. The number of halogens is 1. The molecule has 0 amide bonds. The number of aromatic nitrogens is 1. The van der Waals surface area contributed by atoms with Crippen LogP contribution in [0.5, 0.6) is 11.6 Å². The maximum absolute atomic E-state index is 9.12. The Morgan fingerprint density at radius 2 is 2.10 bits per heavy atom. The molecular weight excluding hydrogens is 276 g/mol. The van der Waals surface area contributed by atoms with Crippen molar-refractivity contribution in [3.05, 3.63) is 53.9 Å². The second-order valence-corrected chi connectivity index (χ2v) is 4.38. The Morgan fingerprint density at radius 3 is 2.80 bits per heavy atom. The fourth-order valence-corrected chi connectivity index (χ4v) is 2.01. The molecule has 1 aromatic carbocycles. The van der Waals surface area contributed by atoms with Crippen LogP contribution in [0.15, 0.2) is 47.0 Å². The zero-order chi connectivity index (χ0) is 13.9. The van der Waals surface area contributed by atoms with Crippen LogP contribution in [0.3, 0.4) is 0 Å². The van der Waals surface area contributed by atoms with Crippen molar-refractivity contribution >= 4 is 22.6 Å². The van der Waals surface area contributed by atoms with Crippen molar-refractivity contribution < 1.29 is 9.15 Å². The van der Waals surface area contributed by atoms with Crippen molar-refractivity contribution in [3.63, 3.8) is 0 Å². The maximum Gasteiger partial charge on any atom is 0.247 e. The van der Waals surface area contributed by atoms with Gasteiger partial charge in [0, 0.05) is 18.1 Å². The number of rotatable bonds is 3. The minimum atomic E-state index is 0.134. The van der Waals surface area contributed by atoms with Crippen molar-refractivity contribution in [3.8, 4) is 17.7 Å². The summed E-state index contributed by atoms with van der Waals surface area (Å²) in [6.07, 6.45) is 1.64. The van der Waals surface area contributed by atoms with Gasteiger partial charge in [-0.2, -0.15) is 5.26 Å². The molecule has 0 saturated carbocycles. The van der Waals surface area contributed by atoms with E-state index < -0.39 is 0 Å². The predicted octanol–water partition coefficient (Wildman–Crippen LogP) is 4.23. The zero-order valence-corrected chi connectivity index (χ0v) is 11.1. The Morgan fingerprint density at radius 1 is 1.25 bits per heavy atom. The Bertz CT molecular complexity index is 788. The first-order valence-electron chi connectivity index (χ1n) is 5.92. The number of nitrogens with zero attached hydrogens (tertiary/aromatic N) is 2. The van der Waals surface area contributed by atoms with Gasteiger partial charge in [0.2, 0.25) is 11.6 Å². The lowest BCUT2D eigenvalue weighted by Gasteiger charge is -2.03. The average Bonchev–Trinajstić information content (AvgIpc) is 2.86. The summed E-state index contributed by atoms with van der Waals surface area (Å²) in [7, 11) is 0. The lowest BCUT2D eigenvalue weighted by atomic mass is 10.2. The second kappa shape index (κ2) is 5.24. The van der Waals surface area contributed by atoms with Gasteiger partial charge in [-0.05, 0) is 17.7 Å². The van der Waals surface area contributed by atoms with E-state index in [4.69, 9.17) is 26.0 Å². The summed E-state index contributed by atoms with van der Waals surface area (Å²) < 4.78 is 11.1. The van der Waals surface area contributed by atoms with E-state index in [1.54, 1.807) is 18.3 Å². The molecule has 2 heterocycles. The summed E-state index contributed by atoms with van der Waals surface area (Å²) in [6, 6.07) is 12.8. The third-order valence-corrected chi connectivity index (χ3v) is 3.12. The van der Waals surface area contributed by atoms with E-state index in [0.717, 1.165) is 10.9 Å². The molecular formula is C15H9ClN2O2. The molecule has 4 nitrogen and oxygen atoms in total. The van der Waals surface area contributed by atoms with Crippen LogP contribution < -0.4 is 4.74 Å². The molecule has 0 atom stereocenters. The van der Waals surface area contributed by atoms with Gasteiger partial charge in [-0.15, -0.1) is 11.6 Å². The number of hydrogen-bond acceptors (Lipinski definition) is 4. The van der Waals surface area contributed by atoms with Crippen LogP contribution in [0.1, 0.15) is 11.3 Å². The molecule has 0 fully saturated rings. The largest absolute Gasteiger partial charge is 0.442 e. The van der Waals surface area contributed by atoms with E-state index in [9.17, 15) is 0 Å². The van der Waals surface area contributed by atoms with E-state index in [2.05, 4.69) is 4.98 Å². The number of pyridine rings is 1. The molecule has 2 aromatic heterocycles. The number of ether oxygens (including phenoxy) is 1. The average molecular weight is 285 g/mol. The summed E-state index contributed by atoms with van der Waals surface area (Å²) in [6.45, 7) is 0. The van der Waals surface area contributed by atoms with Crippen LogP contribution in [0.2, 0.25) is 0 Å². The zero-order valence-electron chi connectivity index (χ0n) is 10.3. The number of para-hydroxylation sites is 1. The molecule has 0 aliphatic heterocycles. The minimum Gasteiger partial charge on any atom is -0.442 e. The van der Waals surface area contributed by atoms with Crippen molar-refractivity contribution in [2.75, 3.05) is 0 Å². The Labute approximate surface area is 120 Å². The van der Waals surface area contributed by atoms with E-state index in [1.807, 2.05) is 30.3 Å². The van der Waals surface area contributed by atoms with Gasteiger partial charge >= 0.3 is 0 Å². The fraction of sp³-hybridized carbons (Fsp3) is 0.0667. The Kier molecular flexibility index (Phi) is 3.28. The highest BCUT2D eigenvalue weighted by atomic mass is 35.5. The molecule has 3 rings (SSSR count). The number of alkyl halides is 1. The number of fused-ring (bicyclic) bond motifs is 1. The molecule has 5 heteroatoms. The number of furan rings is 1. The molecule has 0 aliphatic carbocycles. The first kappa shape index (κ1) is 12.5. The summed E-state index contributed by atoms with van der Waals surface area (Å²) in [4.78, 5) is 4.15. The number of nitriles is 1. The normalized spacial score (nSPS) is 10.4. The van der Waals surface area contributed by atoms with Gasteiger partial charge in [-0.3, -0.25) is 0 Å². The first-order chi connectivity index (χ1) is 9.81.